The number of nitrogens with zero attached hydrogens (tertiary/aromatic N) is 3. The van der Waals surface area contributed by atoms with Gasteiger partial charge in [-0.2, -0.15) is 5.10 Å². The van der Waals surface area contributed by atoms with Crippen LogP contribution >= 0.6 is 0 Å². The topological polar surface area (TPSA) is 59.8 Å². The van der Waals surface area contributed by atoms with E-state index in [1.165, 1.54) is 0 Å². The zero-order valence-electron chi connectivity index (χ0n) is 11.6. The molecule has 19 heavy (non-hydrogen) atoms. The lowest BCUT2D eigenvalue weighted by molar-refractivity contribution is 0.101. The van der Waals surface area contributed by atoms with E-state index in [-0.39, 0.29) is 11.3 Å². The molecule has 0 unspecified atom stereocenters. The van der Waals surface area contributed by atoms with Crippen molar-refractivity contribution in [2.24, 2.45) is 7.05 Å². The maximum atomic E-state index is 12.2. The zero-order chi connectivity index (χ0) is 14.0. The molecule has 2 aromatic rings. The number of amides is 1. The Hall–Kier alpha value is -2.17. The van der Waals surface area contributed by atoms with Gasteiger partial charge in [0.1, 0.15) is 5.69 Å². The van der Waals surface area contributed by atoms with Crippen molar-refractivity contribution in [3.63, 3.8) is 0 Å². The van der Waals surface area contributed by atoms with Crippen LogP contribution in [0.2, 0.25) is 0 Å². The van der Waals surface area contributed by atoms with Crippen LogP contribution in [0.15, 0.2) is 30.6 Å². The van der Waals surface area contributed by atoms with Crippen LogP contribution in [0.3, 0.4) is 0 Å². The highest BCUT2D eigenvalue weighted by Crippen LogP contribution is 2.21. The lowest BCUT2D eigenvalue weighted by Gasteiger charge is -2.13. The first kappa shape index (κ1) is 13.3. The number of pyridine rings is 1. The van der Waals surface area contributed by atoms with Crippen molar-refractivity contribution >= 4 is 11.6 Å². The first-order chi connectivity index (χ1) is 8.88. The number of anilines is 1. The van der Waals surface area contributed by atoms with Crippen LogP contribution in [0.5, 0.6) is 0 Å². The number of hydrogen-bond acceptors (Lipinski definition) is 3. The van der Waals surface area contributed by atoms with Gasteiger partial charge < -0.3 is 5.32 Å². The third-order valence-corrected chi connectivity index (χ3v) is 2.80. The van der Waals surface area contributed by atoms with Crippen molar-refractivity contribution in [1.29, 1.82) is 0 Å². The molecule has 1 amide bonds. The minimum Gasteiger partial charge on any atom is -0.319 e. The quantitative estimate of drug-likeness (QED) is 0.899. The highest BCUT2D eigenvalue weighted by Gasteiger charge is 2.21. The maximum Gasteiger partial charge on any atom is 0.273 e. The van der Waals surface area contributed by atoms with Crippen LogP contribution in [0.4, 0.5) is 5.69 Å². The van der Waals surface area contributed by atoms with Gasteiger partial charge in [-0.15, -0.1) is 0 Å². The van der Waals surface area contributed by atoms with Gasteiger partial charge in [-0.25, -0.2) is 0 Å². The molecule has 0 bridgehead atoms. The number of aryl methyl sites for hydroxylation is 1. The van der Waals surface area contributed by atoms with Gasteiger partial charge in [0.25, 0.3) is 5.91 Å². The van der Waals surface area contributed by atoms with Gasteiger partial charge in [-0.3, -0.25) is 14.5 Å². The summed E-state index contributed by atoms with van der Waals surface area (Å²) in [5.41, 5.74) is 2.02. The maximum absolute atomic E-state index is 12.2. The molecule has 0 saturated heterocycles. The van der Waals surface area contributed by atoms with E-state index < -0.39 is 0 Å². The summed E-state index contributed by atoms with van der Waals surface area (Å²) in [6.45, 7) is 6.20. The standard InChI is InChI=1S/C14H18N4O/c1-14(2,3)12-8-11(18(4)17-12)13(19)16-10-6-5-7-15-9-10/h5-9H,1-4H3,(H,16,19). The molecule has 1 N–H and O–H groups in total. The Labute approximate surface area is 112 Å². The first-order valence-electron chi connectivity index (χ1n) is 6.14. The molecule has 0 fully saturated rings. The Morgan fingerprint density at radius 1 is 1.37 bits per heavy atom. The van der Waals surface area contributed by atoms with Gasteiger partial charge >= 0.3 is 0 Å². The second-order valence-corrected chi connectivity index (χ2v) is 5.48. The number of carbonyl (C=O) groups excluding carboxylic acids is 1. The van der Waals surface area contributed by atoms with E-state index >= 15 is 0 Å². The summed E-state index contributed by atoms with van der Waals surface area (Å²) >= 11 is 0. The van der Waals surface area contributed by atoms with Crippen molar-refractivity contribution in [3.8, 4) is 0 Å². The number of nitrogens with one attached hydrogen (secondary N) is 1. The van der Waals surface area contributed by atoms with Crippen LogP contribution in [0.25, 0.3) is 0 Å². The average molecular weight is 258 g/mol. The molecule has 2 aromatic heterocycles. The largest absolute Gasteiger partial charge is 0.319 e. The summed E-state index contributed by atoms with van der Waals surface area (Å²) in [6, 6.07) is 5.40. The summed E-state index contributed by atoms with van der Waals surface area (Å²) in [7, 11) is 1.77. The van der Waals surface area contributed by atoms with Crippen LogP contribution in [-0.4, -0.2) is 20.7 Å². The summed E-state index contributed by atoms with van der Waals surface area (Å²) in [6.07, 6.45) is 3.27. The Balaban J connectivity index is 2.23. The first-order valence-corrected chi connectivity index (χ1v) is 6.14. The van der Waals surface area contributed by atoms with Crippen molar-refractivity contribution in [3.05, 3.63) is 42.0 Å². The van der Waals surface area contributed by atoms with E-state index in [0.717, 1.165) is 5.69 Å². The number of hydrogen-bond donors (Lipinski definition) is 1. The fourth-order valence-electron chi connectivity index (χ4n) is 1.68. The monoisotopic (exact) mass is 258 g/mol. The molecule has 2 heterocycles. The van der Waals surface area contributed by atoms with Gasteiger partial charge in [0.05, 0.1) is 17.6 Å². The molecule has 0 radical (unpaired) electrons. The molecule has 0 aliphatic carbocycles. The summed E-state index contributed by atoms with van der Waals surface area (Å²) in [4.78, 5) is 16.1. The van der Waals surface area contributed by atoms with Crippen molar-refractivity contribution in [1.82, 2.24) is 14.8 Å². The molecule has 2 rings (SSSR count). The summed E-state index contributed by atoms with van der Waals surface area (Å²) in [5, 5.41) is 7.19. The molecular formula is C14H18N4O. The van der Waals surface area contributed by atoms with E-state index in [0.29, 0.717) is 11.4 Å². The highest BCUT2D eigenvalue weighted by molar-refractivity contribution is 6.03. The molecule has 0 aliphatic rings. The lowest BCUT2D eigenvalue weighted by atomic mass is 9.92. The molecule has 100 valence electrons. The Kier molecular flexibility index (Phi) is 3.38. The molecule has 0 spiro atoms. The van der Waals surface area contributed by atoms with Gasteiger partial charge in [0.2, 0.25) is 0 Å². The third-order valence-electron chi connectivity index (χ3n) is 2.80. The Morgan fingerprint density at radius 2 is 2.11 bits per heavy atom. The smallest absolute Gasteiger partial charge is 0.273 e. The second-order valence-electron chi connectivity index (χ2n) is 5.48. The minimum absolute atomic E-state index is 0.0788. The van der Waals surface area contributed by atoms with Crippen LogP contribution < -0.4 is 5.32 Å². The molecule has 0 aliphatic heterocycles. The average Bonchev–Trinajstić information content (AvgIpc) is 2.72. The zero-order valence-corrected chi connectivity index (χ0v) is 11.6. The van der Waals surface area contributed by atoms with Crippen LogP contribution in [0.1, 0.15) is 37.0 Å². The lowest BCUT2D eigenvalue weighted by Crippen LogP contribution is -2.16. The predicted molar refractivity (Wildman–Crippen MR) is 74.1 cm³/mol. The molecular weight excluding hydrogens is 240 g/mol. The SMILES string of the molecule is Cn1nc(C(C)(C)C)cc1C(=O)Nc1cccnc1. The van der Waals surface area contributed by atoms with E-state index in [2.05, 4.69) is 36.2 Å². The van der Waals surface area contributed by atoms with Gasteiger partial charge in [-0.05, 0) is 18.2 Å². The van der Waals surface area contributed by atoms with Crippen molar-refractivity contribution in [2.75, 3.05) is 5.32 Å². The minimum atomic E-state index is -0.182. The fraction of sp³-hybridized carbons (Fsp3) is 0.357. The van der Waals surface area contributed by atoms with Gasteiger partial charge in [-0.1, -0.05) is 20.8 Å². The van der Waals surface area contributed by atoms with Gasteiger partial charge in [0, 0.05) is 18.7 Å². The van der Waals surface area contributed by atoms with E-state index in [1.54, 1.807) is 36.3 Å². The number of carbonyl (C=O) groups is 1. The van der Waals surface area contributed by atoms with E-state index in [1.807, 2.05) is 6.07 Å². The van der Waals surface area contributed by atoms with Crippen LogP contribution in [0, 0.1) is 0 Å². The fourth-order valence-corrected chi connectivity index (χ4v) is 1.68. The van der Waals surface area contributed by atoms with E-state index in [4.69, 9.17) is 0 Å². The third kappa shape index (κ3) is 2.99. The molecule has 5 nitrogen and oxygen atoms in total. The summed E-state index contributed by atoms with van der Waals surface area (Å²) < 4.78 is 1.60. The van der Waals surface area contributed by atoms with Crippen LogP contribution in [-0.2, 0) is 12.5 Å². The summed E-state index contributed by atoms with van der Waals surface area (Å²) in [5.74, 6) is -0.182. The normalized spacial score (nSPS) is 11.4. The molecule has 0 aromatic carbocycles. The van der Waals surface area contributed by atoms with Crippen molar-refractivity contribution in [2.45, 2.75) is 26.2 Å². The molecule has 0 saturated carbocycles. The van der Waals surface area contributed by atoms with E-state index in [9.17, 15) is 4.79 Å². The van der Waals surface area contributed by atoms with Gasteiger partial charge in [0.15, 0.2) is 0 Å². The highest BCUT2D eigenvalue weighted by atomic mass is 16.2. The Bertz CT molecular complexity index is 581. The number of rotatable bonds is 2. The Morgan fingerprint density at radius 3 is 2.63 bits per heavy atom. The molecule has 0 atom stereocenters. The predicted octanol–water partition coefficient (Wildman–Crippen LogP) is 2.36. The van der Waals surface area contributed by atoms with Crippen molar-refractivity contribution < 1.29 is 4.79 Å². The molecule has 5 heteroatoms. The second kappa shape index (κ2) is 4.84. The number of aromatic nitrogens is 3.